The Morgan fingerprint density at radius 3 is 0.812 bits per heavy atom. The first-order valence-corrected chi connectivity index (χ1v) is 21.7. The second-order valence-electron chi connectivity index (χ2n) is 5.70. The fourth-order valence-corrected chi connectivity index (χ4v) is 0.514. The first kappa shape index (κ1) is 58.0. The fraction of sp³-hybridized carbons (Fsp3) is 0.556. The third-order valence-corrected chi connectivity index (χ3v) is 0.990. The van der Waals surface area contributed by atoms with Gasteiger partial charge in [-0.1, -0.05) is 0 Å². The monoisotopic (exact) mass is 870 g/mol. The van der Waals surface area contributed by atoms with E-state index in [1.54, 1.807) is 24.6 Å². The van der Waals surface area contributed by atoms with Crippen molar-refractivity contribution < 1.29 is 51.6 Å². The maximum absolute atomic E-state index is 7.50. The van der Waals surface area contributed by atoms with Gasteiger partial charge in [0.15, 0.2) is 0 Å². The molecule has 0 aromatic carbocycles. The number of hydrogen-bond donors (Lipinski definition) is 0. The van der Waals surface area contributed by atoms with Gasteiger partial charge in [0, 0.05) is 47.3 Å². The molecule has 0 radical (unpaired) electrons. The molecule has 0 atom stereocenters. The van der Waals surface area contributed by atoms with Gasteiger partial charge in [0.1, 0.15) is 0 Å². The second-order valence-corrected chi connectivity index (χ2v) is 31.1. The Labute approximate surface area is 225 Å². The number of rotatable bonds is 1. The van der Waals surface area contributed by atoms with Gasteiger partial charge in [-0.05, 0) is 41.5 Å². The molecule has 0 rings (SSSR count). The molecule has 0 aliphatic carbocycles. The zero-order chi connectivity index (χ0) is 27.7. The van der Waals surface area contributed by atoms with E-state index in [1.807, 2.05) is 0 Å². The molecule has 0 saturated heterocycles. The number of nitrogens with zero attached hydrogens (tertiary/aromatic N) is 4. The van der Waals surface area contributed by atoms with E-state index in [9.17, 15) is 0 Å². The zero-order valence-electron chi connectivity index (χ0n) is 18.9. The van der Waals surface area contributed by atoms with E-state index >= 15 is 0 Å². The van der Waals surface area contributed by atoms with Crippen LogP contribution in [0.5, 0.6) is 0 Å². The minimum absolute atomic E-state index is 0. The van der Waals surface area contributed by atoms with E-state index < -0.39 is 11.9 Å². The molecule has 0 bridgehead atoms. The van der Waals surface area contributed by atoms with Gasteiger partial charge >= 0.3 is 94.8 Å². The van der Waals surface area contributed by atoms with Crippen molar-refractivity contribution in [1.29, 1.82) is 10.5 Å². The standard InChI is InChI=1S/C10H20N2.2C2H3N.4CO.4ClH.2W/c1-9(2,3)11-7-8-12-10(4,5)6;2*1-2-3;4*1-2;;;;;;/h7-8H,1-6H3;2*1H3;;;;;4*1H;;/q;;;;;;;;;;;;+4/p-4. The minimum atomic E-state index is -3.28. The summed E-state index contributed by atoms with van der Waals surface area (Å²) in [5.41, 5.74) is 0.00775. The van der Waals surface area contributed by atoms with Crippen molar-refractivity contribution in [3.8, 4) is 12.1 Å². The third kappa shape index (κ3) is 319. The van der Waals surface area contributed by atoms with Gasteiger partial charge in [0.25, 0.3) is 0 Å². The average molecular weight is 872 g/mol. The third-order valence-electron chi connectivity index (χ3n) is 0.990. The van der Waals surface area contributed by atoms with Crippen LogP contribution < -0.4 is 0 Å². The summed E-state index contributed by atoms with van der Waals surface area (Å²) in [6.45, 7) is 33.2. The second kappa shape index (κ2) is 48.3. The van der Waals surface area contributed by atoms with Gasteiger partial charge in [-0.15, -0.1) is 0 Å². The zero-order valence-corrected chi connectivity index (χ0v) is 27.8. The van der Waals surface area contributed by atoms with Crippen LogP contribution in [0.25, 0.3) is 0 Å². The summed E-state index contributed by atoms with van der Waals surface area (Å²) in [6.07, 6.45) is 3.54. The molecule has 0 aliphatic heterocycles. The van der Waals surface area contributed by atoms with Crippen molar-refractivity contribution in [1.82, 2.24) is 0 Å². The summed E-state index contributed by atoms with van der Waals surface area (Å²) >= 11 is -3.28. The topological polar surface area (TPSA) is 152 Å². The Hall–Kier alpha value is -0.183. The van der Waals surface area contributed by atoms with Crippen molar-refractivity contribution >= 4 is 50.1 Å². The van der Waals surface area contributed by atoms with Crippen LogP contribution in [0.4, 0.5) is 0 Å². The molecular formula is C18H26Cl4N4O4W2. The van der Waals surface area contributed by atoms with Crippen molar-refractivity contribution in [2.24, 2.45) is 9.98 Å². The molecule has 0 aliphatic rings. The fourth-order valence-electron chi connectivity index (χ4n) is 0.514. The minimum Gasteiger partial charge on any atom is 0 e. The molecule has 14 heteroatoms. The van der Waals surface area contributed by atoms with Gasteiger partial charge in [-0.3, -0.25) is 9.98 Å². The quantitative estimate of drug-likeness (QED) is 0.171. The summed E-state index contributed by atoms with van der Waals surface area (Å²) in [5.74, 6) is 0. The van der Waals surface area contributed by atoms with Crippen LogP contribution in [0, 0.1) is 49.3 Å². The largest absolute Gasteiger partial charge is 0 e. The predicted molar refractivity (Wildman–Crippen MR) is 118 cm³/mol. The van der Waals surface area contributed by atoms with E-state index in [-0.39, 0.29) is 32.1 Å². The van der Waals surface area contributed by atoms with Crippen LogP contribution >= 0.6 is 37.7 Å². The molecule has 0 saturated carbocycles. The van der Waals surface area contributed by atoms with Crippen molar-refractivity contribution in [2.75, 3.05) is 0 Å². The smallest absolute Gasteiger partial charge is 0 e. The van der Waals surface area contributed by atoms with Crippen LogP contribution in [0.1, 0.15) is 55.4 Å². The first-order valence-electron chi connectivity index (χ1n) is 7.18. The average Bonchev–Trinajstić information content (AvgIpc) is 2.64. The van der Waals surface area contributed by atoms with E-state index in [0.29, 0.717) is 0 Å². The Balaban J connectivity index is -0.0000000319. The van der Waals surface area contributed by atoms with Crippen molar-refractivity contribution in [3.05, 3.63) is 26.6 Å². The van der Waals surface area contributed by atoms with Crippen LogP contribution in [-0.2, 0) is 51.6 Å². The van der Waals surface area contributed by atoms with Crippen LogP contribution in [-0.4, -0.2) is 23.5 Å². The first-order chi connectivity index (χ1) is 14.0. The van der Waals surface area contributed by atoms with Gasteiger partial charge in [-0.2, -0.15) is 10.5 Å². The number of hydrogen-bond acceptors (Lipinski definition) is 4. The molecular weight excluding hydrogens is 846 g/mol. The van der Waals surface area contributed by atoms with Gasteiger partial charge in [0.05, 0.1) is 23.2 Å². The molecule has 0 fully saturated rings. The van der Waals surface area contributed by atoms with E-state index in [0.717, 1.165) is 0 Å². The van der Waals surface area contributed by atoms with Crippen LogP contribution in [0.15, 0.2) is 9.98 Å². The van der Waals surface area contributed by atoms with E-state index in [4.69, 9.17) is 66.8 Å². The van der Waals surface area contributed by atoms with Crippen molar-refractivity contribution in [2.45, 2.75) is 66.5 Å². The molecule has 0 N–H and O–H groups in total. The van der Waals surface area contributed by atoms with E-state index in [2.05, 4.69) is 78.1 Å². The summed E-state index contributed by atoms with van der Waals surface area (Å²) in [4.78, 5) is 8.57. The molecule has 8 nitrogen and oxygen atoms in total. The Morgan fingerprint density at radius 1 is 0.656 bits per heavy atom. The van der Waals surface area contributed by atoms with Crippen molar-refractivity contribution in [3.63, 3.8) is 0 Å². The molecule has 0 spiro atoms. The number of halogens is 4. The number of aliphatic imine (C=N–C) groups is 2. The van der Waals surface area contributed by atoms with Gasteiger partial charge in [-0.25, -0.2) is 0 Å². The summed E-state index contributed by atoms with van der Waals surface area (Å²) in [7, 11) is 20.1. The molecule has 0 aromatic heterocycles. The Morgan fingerprint density at radius 2 is 0.750 bits per heavy atom. The molecule has 0 aromatic rings. The predicted octanol–water partition coefficient (Wildman–Crippen LogP) is 6.39. The number of nitriles is 2. The molecule has 0 unspecified atom stereocenters. The molecule has 0 heterocycles. The normalized spacial score (nSPS) is 8.69. The summed E-state index contributed by atoms with van der Waals surface area (Å²) in [6, 6.07) is 3.50. The maximum Gasteiger partial charge on any atom is 0 e. The summed E-state index contributed by atoms with van der Waals surface area (Å²) < 4.78 is 30.0. The molecule has 32 heavy (non-hydrogen) atoms. The van der Waals surface area contributed by atoms with Gasteiger partial charge in [0.2, 0.25) is 0 Å². The van der Waals surface area contributed by atoms with Crippen LogP contribution in [0.2, 0.25) is 0 Å². The van der Waals surface area contributed by atoms with E-state index in [1.165, 1.54) is 13.8 Å². The Kier molecular flexibility index (Phi) is 87.6. The Bertz CT molecular complexity index is 513. The van der Waals surface area contributed by atoms with Gasteiger partial charge < -0.3 is 0 Å². The molecule has 0 amide bonds. The maximum atomic E-state index is 7.50. The SMILES string of the molecule is CC#N.CC#N.CC(C)(C)N=CC=NC(C)(C)C.[C-]#[O+].[C-]#[O+].[C-]#[O+].[C-]#[O+].[Cl][W]([Cl])([Cl])[Cl].[W]. The molecule has 182 valence electrons. The summed E-state index contributed by atoms with van der Waals surface area (Å²) in [5, 5.41) is 14.6. The van der Waals surface area contributed by atoms with Crippen LogP contribution in [0.3, 0.4) is 0 Å².